The lowest BCUT2D eigenvalue weighted by Gasteiger charge is -2.37. The number of fused-ring (bicyclic) bond motifs is 2. The Morgan fingerprint density at radius 3 is 2.12 bits per heavy atom. The molecule has 4 aliphatic heterocycles. The topological polar surface area (TPSA) is 64.7 Å². The number of nitrogens with zero attached hydrogens (tertiary/aromatic N) is 2. The van der Waals surface area contributed by atoms with E-state index in [1.807, 2.05) is 6.07 Å². The Bertz CT molecular complexity index is 2070. The monoisotopic (exact) mass is 697 g/mol. The highest BCUT2D eigenvalue weighted by Crippen LogP contribution is 2.52. The zero-order chi connectivity index (χ0) is 35.8. The van der Waals surface area contributed by atoms with Crippen molar-refractivity contribution < 1.29 is 23.7 Å². The van der Waals surface area contributed by atoms with Crippen molar-refractivity contribution in [2.75, 3.05) is 53.8 Å². The second-order valence-electron chi connectivity index (χ2n) is 14.1. The number of likely N-dealkylation sites (N-methyl/N-ethyl adjacent to an activating group) is 2. The van der Waals surface area contributed by atoms with Crippen molar-refractivity contribution in [2.24, 2.45) is 0 Å². The van der Waals surface area contributed by atoms with E-state index in [4.69, 9.17) is 23.7 Å². The summed E-state index contributed by atoms with van der Waals surface area (Å²) in [5, 5.41) is 3.64. The molecule has 1 N–H and O–H groups in total. The van der Waals surface area contributed by atoms with E-state index in [2.05, 4.69) is 114 Å². The molecule has 5 aromatic carbocycles. The van der Waals surface area contributed by atoms with E-state index in [1.54, 1.807) is 21.3 Å². The SMILES string of the molecule is COc1cc2c3cc1Oc1c(OC)c(OC)cc4c1[C@H](Cc1ccc(cc1)Oc1cc(ccc1NCc1ccccc1)C[C@H]3N(C)CC2)N(C)CC4. The predicted molar refractivity (Wildman–Crippen MR) is 205 cm³/mol. The van der Waals surface area contributed by atoms with Crippen molar-refractivity contribution in [3.8, 4) is 40.2 Å². The summed E-state index contributed by atoms with van der Waals surface area (Å²) in [6, 6.07) is 32.2. The van der Waals surface area contributed by atoms with E-state index >= 15 is 0 Å². The summed E-state index contributed by atoms with van der Waals surface area (Å²) in [4.78, 5) is 4.85. The maximum atomic E-state index is 7.08. The van der Waals surface area contributed by atoms with Crippen LogP contribution in [0, 0.1) is 0 Å². The van der Waals surface area contributed by atoms with Gasteiger partial charge in [0.1, 0.15) is 5.75 Å². The fourth-order valence-corrected chi connectivity index (χ4v) is 8.06. The third kappa shape index (κ3) is 6.53. The molecule has 52 heavy (non-hydrogen) atoms. The number of hydrogen-bond acceptors (Lipinski definition) is 8. The fraction of sp³-hybridized carbons (Fsp3) is 0.318. The number of rotatable bonds is 6. The first-order valence-electron chi connectivity index (χ1n) is 18.2. The van der Waals surface area contributed by atoms with E-state index in [0.29, 0.717) is 35.3 Å². The second-order valence-corrected chi connectivity index (χ2v) is 14.1. The molecule has 9 rings (SSSR count). The molecule has 0 amide bonds. The fourth-order valence-electron chi connectivity index (χ4n) is 8.06. The second kappa shape index (κ2) is 14.4. The third-order valence-electron chi connectivity index (χ3n) is 11.0. The van der Waals surface area contributed by atoms with Gasteiger partial charge in [-0.1, -0.05) is 48.5 Å². The predicted octanol–water partition coefficient (Wildman–Crippen LogP) is 8.77. The van der Waals surface area contributed by atoms with Gasteiger partial charge in [-0.3, -0.25) is 9.80 Å². The highest BCUT2D eigenvalue weighted by atomic mass is 16.5. The molecule has 5 aromatic rings. The molecule has 0 fully saturated rings. The summed E-state index contributed by atoms with van der Waals surface area (Å²) in [6.45, 7) is 2.56. The Morgan fingerprint density at radius 1 is 0.673 bits per heavy atom. The summed E-state index contributed by atoms with van der Waals surface area (Å²) in [5.41, 5.74) is 9.39. The molecule has 2 atom stereocenters. The minimum atomic E-state index is 0.0391. The molecule has 0 aliphatic carbocycles. The smallest absolute Gasteiger partial charge is 0.204 e. The van der Waals surface area contributed by atoms with E-state index in [-0.39, 0.29) is 12.1 Å². The van der Waals surface area contributed by atoms with Crippen molar-refractivity contribution in [3.05, 3.63) is 130 Å². The molecule has 0 aromatic heterocycles. The van der Waals surface area contributed by atoms with Crippen LogP contribution in [0.1, 0.15) is 51.0 Å². The van der Waals surface area contributed by atoms with Crippen LogP contribution in [0.25, 0.3) is 0 Å². The van der Waals surface area contributed by atoms with Gasteiger partial charge in [0, 0.05) is 37.3 Å². The summed E-state index contributed by atoms with van der Waals surface area (Å²) in [7, 11) is 9.48. The number of benzene rings is 5. The van der Waals surface area contributed by atoms with Gasteiger partial charge in [-0.05, 0) is 116 Å². The quantitative estimate of drug-likeness (QED) is 0.189. The van der Waals surface area contributed by atoms with Gasteiger partial charge in [-0.2, -0.15) is 0 Å². The number of ether oxygens (including phenoxy) is 5. The Balaban J connectivity index is 1.28. The maximum absolute atomic E-state index is 7.08. The van der Waals surface area contributed by atoms with Crippen LogP contribution in [0.2, 0.25) is 0 Å². The van der Waals surface area contributed by atoms with Crippen molar-refractivity contribution >= 4 is 5.69 Å². The first-order chi connectivity index (χ1) is 25.4. The molecule has 0 saturated carbocycles. The third-order valence-corrected chi connectivity index (χ3v) is 11.0. The Labute approximate surface area is 306 Å². The van der Waals surface area contributed by atoms with Crippen LogP contribution in [-0.2, 0) is 32.2 Å². The largest absolute Gasteiger partial charge is 0.493 e. The number of anilines is 1. The van der Waals surface area contributed by atoms with Gasteiger partial charge in [0.15, 0.2) is 28.7 Å². The van der Waals surface area contributed by atoms with Gasteiger partial charge < -0.3 is 29.0 Å². The zero-order valence-corrected chi connectivity index (χ0v) is 30.7. The Kier molecular flexibility index (Phi) is 9.43. The summed E-state index contributed by atoms with van der Waals surface area (Å²) < 4.78 is 31.8. The molecule has 6 bridgehead atoms. The van der Waals surface area contributed by atoms with Crippen molar-refractivity contribution in [1.29, 1.82) is 0 Å². The lowest BCUT2D eigenvalue weighted by molar-refractivity contribution is 0.220. The summed E-state index contributed by atoms with van der Waals surface area (Å²) >= 11 is 0. The van der Waals surface area contributed by atoms with Crippen LogP contribution < -0.4 is 29.0 Å². The molecule has 0 spiro atoms. The van der Waals surface area contributed by atoms with Crippen molar-refractivity contribution in [1.82, 2.24) is 9.80 Å². The molecule has 4 aliphatic rings. The van der Waals surface area contributed by atoms with Gasteiger partial charge in [0.05, 0.1) is 27.0 Å². The molecule has 0 unspecified atom stereocenters. The number of methoxy groups -OCH3 is 3. The van der Waals surface area contributed by atoms with Crippen LogP contribution in [-0.4, -0.2) is 58.3 Å². The molecule has 268 valence electrons. The lowest BCUT2D eigenvalue weighted by Crippen LogP contribution is -2.34. The first-order valence-corrected chi connectivity index (χ1v) is 18.2. The minimum Gasteiger partial charge on any atom is -0.493 e. The zero-order valence-electron chi connectivity index (χ0n) is 30.7. The minimum absolute atomic E-state index is 0.0391. The molecular weight excluding hydrogens is 650 g/mol. The van der Waals surface area contributed by atoms with Gasteiger partial charge in [-0.25, -0.2) is 0 Å². The molecule has 4 heterocycles. The van der Waals surface area contributed by atoms with Gasteiger partial charge in [-0.15, -0.1) is 0 Å². The number of nitrogens with one attached hydrogen (secondary N) is 1. The highest BCUT2D eigenvalue weighted by molar-refractivity contribution is 5.64. The molecule has 8 heteroatoms. The van der Waals surface area contributed by atoms with Gasteiger partial charge in [0.2, 0.25) is 5.75 Å². The molecule has 8 nitrogen and oxygen atoms in total. The van der Waals surface area contributed by atoms with Crippen LogP contribution in [0.3, 0.4) is 0 Å². The van der Waals surface area contributed by atoms with Crippen LogP contribution in [0.15, 0.2) is 91.0 Å². The average molecular weight is 698 g/mol. The maximum Gasteiger partial charge on any atom is 0.204 e. The summed E-state index contributed by atoms with van der Waals surface area (Å²) in [5.74, 6) is 4.91. The normalized spacial score (nSPS) is 18.2. The highest BCUT2D eigenvalue weighted by Gasteiger charge is 2.34. The lowest BCUT2D eigenvalue weighted by atomic mass is 9.87. The summed E-state index contributed by atoms with van der Waals surface area (Å²) in [6.07, 6.45) is 3.38. The van der Waals surface area contributed by atoms with Gasteiger partial charge >= 0.3 is 0 Å². The standard InChI is InChI=1S/C44H47N3O5/c1-46-19-17-31-24-39(48-3)40-26-34(31)36(46)22-30-13-16-35(45-27-29-9-7-6-8-10-29)38(23-30)51-33-14-11-28(12-15-33)21-37-42-32(18-20-47(37)2)25-41(49-4)43(50-5)44(42)52-40/h6-16,23-26,36-37,45H,17-22,27H2,1-5H3/t36-,37+/m1/s1. The van der Waals surface area contributed by atoms with Crippen LogP contribution >= 0.6 is 0 Å². The Hall–Kier alpha value is -5.18. The van der Waals surface area contributed by atoms with Gasteiger partial charge in [0.25, 0.3) is 0 Å². The number of hydrogen-bond donors (Lipinski definition) is 1. The van der Waals surface area contributed by atoms with Crippen LogP contribution in [0.4, 0.5) is 5.69 Å². The van der Waals surface area contributed by atoms with E-state index in [1.165, 1.54) is 33.4 Å². The van der Waals surface area contributed by atoms with E-state index in [0.717, 1.165) is 61.5 Å². The average Bonchev–Trinajstić information content (AvgIpc) is 3.17. The van der Waals surface area contributed by atoms with E-state index < -0.39 is 0 Å². The molecular formula is C44H47N3O5. The first kappa shape index (κ1) is 33.9. The Morgan fingerprint density at radius 2 is 1.37 bits per heavy atom. The van der Waals surface area contributed by atoms with Crippen molar-refractivity contribution in [2.45, 2.75) is 44.3 Å². The van der Waals surface area contributed by atoms with Crippen molar-refractivity contribution in [3.63, 3.8) is 0 Å². The van der Waals surface area contributed by atoms with Crippen LogP contribution in [0.5, 0.6) is 40.2 Å². The van der Waals surface area contributed by atoms with E-state index in [9.17, 15) is 0 Å². The molecule has 0 radical (unpaired) electrons. The molecule has 0 saturated heterocycles.